The van der Waals surface area contributed by atoms with Gasteiger partial charge >= 0.3 is 0 Å². The molecule has 0 spiro atoms. The largest absolute Gasteiger partial charge is 0.377 e. The van der Waals surface area contributed by atoms with Gasteiger partial charge in [0.2, 0.25) is 0 Å². The fraction of sp³-hybridized carbons (Fsp3) is 0.562. The van der Waals surface area contributed by atoms with E-state index >= 15 is 0 Å². The van der Waals surface area contributed by atoms with Crippen molar-refractivity contribution in [3.05, 3.63) is 39.2 Å². The molecule has 1 aliphatic rings. The van der Waals surface area contributed by atoms with Crippen molar-refractivity contribution >= 4 is 11.5 Å². The van der Waals surface area contributed by atoms with E-state index in [1.807, 2.05) is 0 Å². The second kappa shape index (κ2) is 7.45. The molecule has 0 saturated heterocycles. The molecule has 0 radical (unpaired) electrons. The lowest BCUT2D eigenvalue weighted by Crippen LogP contribution is -2.14. The van der Waals surface area contributed by atoms with Crippen LogP contribution in [0.4, 0.5) is 10.1 Å². The first kappa shape index (κ1) is 16.5. The van der Waals surface area contributed by atoms with Gasteiger partial charge in [0.15, 0.2) is 5.78 Å². The van der Waals surface area contributed by atoms with Crippen LogP contribution < -0.4 is 0 Å². The topological polar surface area (TPSA) is 69.4 Å². The Bertz CT molecular complexity index is 568. The van der Waals surface area contributed by atoms with Crippen LogP contribution in [0.15, 0.2) is 12.1 Å². The molecule has 5 nitrogen and oxygen atoms in total. The SMILES string of the molecule is COCC(=O)c1cc([N+](=O)[O-])c(CC2CCCCC2)cc1F. The van der Waals surface area contributed by atoms with E-state index < -0.39 is 16.5 Å². The summed E-state index contributed by atoms with van der Waals surface area (Å²) < 4.78 is 18.8. The molecular weight excluding hydrogens is 289 g/mol. The third-order valence-electron chi connectivity index (χ3n) is 4.17. The van der Waals surface area contributed by atoms with Crippen molar-refractivity contribution in [2.75, 3.05) is 13.7 Å². The lowest BCUT2D eigenvalue weighted by Gasteiger charge is -2.21. The van der Waals surface area contributed by atoms with Gasteiger partial charge < -0.3 is 4.74 Å². The Hall–Kier alpha value is -1.82. The van der Waals surface area contributed by atoms with Crippen LogP contribution in [0.25, 0.3) is 0 Å². The van der Waals surface area contributed by atoms with E-state index in [1.165, 1.54) is 13.5 Å². The maximum absolute atomic E-state index is 14.1. The van der Waals surface area contributed by atoms with Crippen LogP contribution in [-0.2, 0) is 11.2 Å². The summed E-state index contributed by atoms with van der Waals surface area (Å²) >= 11 is 0. The van der Waals surface area contributed by atoms with E-state index in [9.17, 15) is 19.3 Å². The Morgan fingerprint density at radius 2 is 2.05 bits per heavy atom. The summed E-state index contributed by atoms with van der Waals surface area (Å²) in [6, 6.07) is 2.20. The predicted molar refractivity (Wildman–Crippen MR) is 79.5 cm³/mol. The molecule has 0 aromatic heterocycles. The molecule has 0 atom stereocenters. The van der Waals surface area contributed by atoms with Crippen LogP contribution in [-0.4, -0.2) is 24.4 Å². The quantitative estimate of drug-likeness (QED) is 0.456. The smallest absolute Gasteiger partial charge is 0.273 e. The summed E-state index contributed by atoms with van der Waals surface area (Å²) in [5, 5.41) is 11.2. The highest BCUT2D eigenvalue weighted by Crippen LogP contribution is 2.31. The van der Waals surface area contributed by atoms with Crippen LogP contribution in [0.5, 0.6) is 0 Å². The molecule has 2 rings (SSSR count). The highest BCUT2D eigenvalue weighted by Gasteiger charge is 2.24. The predicted octanol–water partition coefficient (Wildman–Crippen LogP) is 3.69. The molecule has 1 aliphatic carbocycles. The molecule has 1 aromatic carbocycles. The first-order valence-corrected chi connectivity index (χ1v) is 7.52. The van der Waals surface area contributed by atoms with E-state index in [0.29, 0.717) is 17.9 Å². The molecule has 0 amide bonds. The molecular formula is C16H20FNO4. The summed E-state index contributed by atoms with van der Waals surface area (Å²) in [7, 11) is 1.32. The number of ketones is 1. The van der Waals surface area contributed by atoms with Crippen molar-refractivity contribution in [2.45, 2.75) is 38.5 Å². The molecule has 0 bridgehead atoms. The van der Waals surface area contributed by atoms with Crippen LogP contribution in [0.1, 0.15) is 48.0 Å². The van der Waals surface area contributed by atoms with Gasteiger partial charge in [-0.15, -0.1) is 0 Å². The van der Waals surface area contributed by atoms with E-state index in [-0.39, 0.29) is 17.9 Å². The zero-order valence-corrected chi connectivity index (χ0v) is 12.6. The summed E-state index contributed by atoms with van der Waals surface area (Å²) in [6.45, 7) is -0.296. The van der Waals surface area contributed by atoms with Crippen molar-refractivity contribution in [1.29, 1.82) is 0 Å². The van der Waals surface area contributed by atoms with Crippen LogP contribution in [0.3, 0.4) is 0 Å². The number of methoxy groups -OCH3 is 1. The Kier molecular flexibility index (Phi) is 5.60. The molecule has 120 valence electrons. The van der Waals surface area contributed by atoms with Gasteiger partial charge in [0.1, 0.15) is 12.4 Å². The zero-order chi connectivity index (χ0) is 16.1. The minimum atomic E-state index is -0.710. The van der Waals surface area contributed by atoms with Crippen molar-refractivity contribution in [1.82, 2.24) is 0 Å². The van der Waals surface area contributed by atoms with Crippen LogP contribution in [0, 0.1) is 21.8 Å². The maximum Gasteiger partial charge on any atom is 0.273 e. The van der Waals surface area contributed by atoms with Crippen LogP contribution >= 0.6 is 0 Å². The lowest BCUT2D eigenvalue weighted by molar-refractivity contribution is -0.385. The molecule has 1 saturated carbocycles. The number of carbonyl (C=O) groups excluding carboxylic acids is 1. The van der Waals surface area contributed by atoms with Crippen molar-refractivity contribution in [3.8, 4) is 0 Å². The molecule has 0 heterocycles. The number of hydrogen-bond acceptors (Lipinski definition) is 4. The van der Waals surface area contributed by atoms with Crippen molar-refractivity contribution in [2.24, 2.45) is 5.92 Å². The number of rotatable bonds is 6. The summed E-state index contributed by atoms with van der Waals surface area (Å²) in [4.78, 5) is 22.5. The highest BCUT2D eigenvalue weighted by atomic mass is 19.1. The normalized spacial score (nSPS) is 15.7. The van der Waals surface area contributed by atoms with Crippen molar-refractivity contribution in [3.63, 3.8) is 0 Å². The fourth-order valence-electron chi connectivity index (χ4n) is 3.06. The summed E-state index contributed by atoms with van der Waals surface area (Å²) in [5.74, 6) is -0.946. The number of nitro benzene ring substituents is 1. The maximum atomic E-state index is 14.1. The lowest BCUT2D eigenvalue weighted by atomic mass is 9.84. The number of nitrogens with zero attached hydrogens (tertiary/aromatic N) is 1. The third kappa shape index (κ3) is 3.88. The molecule has 0 aliphatic heterocycles. The molecule has 22 heavy (non-hydrogen) atoms. The van der Waals surface area contributed by atoms with Gasteiger partial charge in [0, 0.05) is 18.7 Å². The summed E-state index contributed by atoms with van der Waals surface area (Å²) in [6.07, 6.45) is 5.95. The summed E-state index contributed by atoms with van der Waals surface area (Å²) in [5.41, 5.74) is -0.0734. The first-order chi connectivity index (χ1) is 10.5. The second-order valence-corrected chi connectivity index (χ2v) is 5.78. The number of halogens is 1. The van der Waals surface area contributed by atoms with E-state index in [1.54, 1.807) is 0 Å². The Balaban J connectivity index is 2.30. The first-order valence-electron chi connectivity index (χ1n) is 7.52. The second-order valence-electron chi connectivity index (χ2n) is 5.78. The number of nitro groups is 1. The van der Waals surface area contributed by atoms with Crippen LogP contribution in [0.2, 0.25) is 0 Å². The number of ether oxygens (including phenoxy) is 1. The van der Waals surface area contributed by atoms with Gasteiger partial charge in [-0.2, -0.15) is 0 Å². The molecule has 0 N–H and O–H groups in total. The average Bonchev–Trinajstić information content (AvgIpc) is 2.48. The number of benzene rings is 1. The van der Waals surface area contributed by atoms with E-state index in [0.717, 1.165) is 37.8 Å². The van der Waals surface area contributed by atoms with Gasteiger partial charge in [-0.25, -0.2) is 4.39 Å². The standard InChI is InChI=1S/C16H20FNO4/c1-22-10-16(19)13-9-15(18(20)21)12(8-14(13)17)7-11-5-3-2-4-6-11/h8-9,11H,2-7,10H2,1H3. The third-order valence-corrected chi connectivity index (χ3v) is 4.17. The monoisotopic (exact) mass is 309 g/mol. The number of carbonyl (C=O) groups is 1. The number of Topliss-reactive ketones (excluding diaryl/α,β-unsaturated/α-hetero) is 1. The highest BCUT2D eigenvalue weighted by molar-refractivity contribution is 5.98. The molecule has 6 heteroatoms. The average molecular weight is 309 g/mol. The molecule has 0 unspecified atom stereocenters. The zero-order valence-electron chi connectivity index (χ0n) is 12.6. The minimum Gasteiger partial charge on any atom is -0.377 e. The Morgan fingerprint density at radius 3 is 2.64 bits per heavy atom. The van der Waals surface area contributed by atoms with E-state index in [2.05, 4.69) is 4.74 Å². The fourth-order valence-corrected chi connectivity index (χ4v) is 3.06. The Morgan fingerprint density at radius 1 is 1.36 bits per heavy atom. The molecule has 1 fully saturated rings. The Labute approximate surface area is 128 Å². The van der Waals surface area contributed by atoms with Gasteiger partial charge in [0.05, 0.1) is 10.5 Å². The van der Waals surface area contributed by atoms with Gasteiger partial charge in [-0.3, -0.25) is 14.9 Å². The van der Waals surface area contributed by atoms with Crippen molar-refractivity contribution < 1.29 is 18.8 Å². The van der Waals surface area contributed by atoms with E-state index in [4.69, 9.17) is 0 Å². The minimum absolute atomic E-state index is 0.175. The van der Waals surface area contributed by atoms with Gasteiger partial charge in [0.25, 0.3) is 5.69 Å². The molecule has 1 aromatic rings. The van der Waals surface area contributed by atoms with Gasteiger partial charge in [-0.05, 0) is 18.4 Å². The number of hydrogen-bond donors (Lipinski definition) is 0. The van der Waals surface area contributed by atoms with Gasteiger partial charge in [-0.1, -0.05) is 32.1 Å².